The van der Waals surface area contributed by atoms with Crippen LogP contribution in [0.2, 0.25) is 0 Å². The van der Waals surface area contributed by atoms with Gasteiger partial charge in [0, 0.05) is 47.0 Å². The van der Waals surface area contributed by atoms with E-state index in [0.29, 0.717) is 0 Å². The number of hydrogen-bond acceptors (Lipinski definition) is 4. The number of aromatic nitrogens is 4. The molecule has 0 amide bonds. The maximum absolute atomic E-state index is 4.58. The normalized spacial score (nSPS) is 11.0. The van der Waals surface area contributed by atoms with E-state index in [0.717, 1.165) is 101 Å². The lowest BCUT2D eigenvalue weighted by Gasteiger charge is -2.15. The summed E-state index contributed by atoms with van der Waals surface area (Å²) in [6.45, 7) is 0. The molecular formula is C56H38N4. The summed E-state index contributed by atoms with van der Waals surface area (Å²) in [5, 5.41) is 0. The highest BCUT2D eigenvalue weighted by atomic mass is 14.7. The molecule has 0 unspecified atom stereocenters. The highest BCUT2D eigenvalue weighted by Crippen LogP contribution is 2.39. The molecule has 0 saturated heterocycles. The van der Waals surface area contributed by atoms with Gasteiger partial charge in [0.15, 0.2) is 0 Å². The molecule has 0 bridgehead atoms. The SMILES string of the molecule is c1ccc(-c2ccc(-c3cc(-c4ccc(-c5ccccn5)cc4)cc(-c4cc(-c5ccc(-c6ccccn6)cc5)cc(-c5ccc(-c6ccccn6)cc5)c4)c3)cc2)nc1. The predicted octanol–water partition coefficient (Wildman–Crippen LogP) is 14.3. The van der Waals surface area contributed by atoms with Crippen molar-refractivity contribution in [2.75, 3.05) is 0 Å². The summed E-state index contributed by atoms with van der Waals surface area (Å²) in [5.74, 6) is 0. The molecule has 0 atom stereocenters. The van der Waals surface area contributed by atoms with Crippen LogP contribution in [0.5, 0.6) is 0 Å². The summed E-state index contributed by atoms with van der Waals surface area (Å²) in [5.41, 5.74) is 19.5. The average Bonchev–Trinajstić information content (AvgIpc) is 3.35. The Morgan fingerprint density at radius 2 is 0.350 bits per heavy atom. The second-order valence-electron chi connectivity index (χ2n) is 14.8. The van der Waals surface area contributed by atoms with Crippen molar-refractivity contribution in [2.45, 2.75) is 0 Å². The van der Waals surface area contributed by atoms with E-state index in [2.05, 4.69) is 153 Å². The molecule has 282 valence electrons. The highest BCUT2D eigenvalue weighted by Gasteiger charge is 2.13. The van der Waals surface area contributed by atoms with Crippen LogP contribution in [0.25, 0.3) is 101 Å². The van der Waals surface area contributed by atoms with Crippen molar-refractivity contribution in [2.24, 2.45) is 0 Å². The fourth-order valence-corrected chi connectivity index (χ4v) is 7.72. The molecule has 0 fully saturated rings. The van der Waals surface area contributed by atoms with E-state index < -0.39 is 0 Å². The lowest BCUT2D eigenvalue weighted by molar-refractivity contribution is 1.33. The Morgan fingerprint density at radius 3 is 0.533 bits per heavy atom. The molecule has 0 N–H and O–H groups in total. The van der Waals surface area contributed by atoms with Crippen molar-refractivity contribution in [1.29, 1.82) is 0 Å². The van der Waals surface area contributed by atoms with Crippen molar-refractivity contribution in [3.05, 3.63) is 231 Å². The van der Waals surface area contributed by atoms with Gasteiger partial charge in [-0.2, -0.15) is 0 Å². The third-order valence-electron chi connectivity index (χ3n) is 10.9. The molecule has 4 heterocycles. The van der Waals surface area contributed by atoms with Crippen LogP contribution in [0.3, 0.4) is 0 Å². The predicted molar refractivity (Wildman–Crippen MR) is 247 cm³/mol. The third-order valence-corrected chi connectivity index (χ3v) is 10.9. The molecule has 60 heavy (non-hydrogen) atoms. The molecule has 6 aromatic carbocycles. The Hall–Kier alpha value is -8.08. The molecule has 0 radical (unpaired) electrons. The smallest absolute Gasteiger partial charge is 0.0701 e. The van der Waals surface area contributed by atoms with Crippen molar-refractivity contribution in [3.8, 4) is 101 Å². The zero-order chi connectivity index (χ0) is 40.1. The van der Waals surface area contributed by atoms with Crippen LogP contribution in [0.1, 0.15) is 0 Å². The first kappa shape index (κ1) is 36.3. The zero-order valence-electron chi connectivity index (χ0n) is 32.7. The van der Waals surface area contributed by atoms with E-state index in [1.165, 1.54) is 0 Å². The molecule has 0 saturated carbocycles. The van der Waals surface area contributed by atoms with Gasteiger partial charge in [0.05, 0.1) is 22.8 Å². The Morgan fingerprint density at radius 1 is 0.167 bits per heavy atom. The van der Waals surface area contributed by atoms with Crippen LogP contribution in [0.4, 0.5) is 0 Å². The monoisotopic (exact) mass is 766 g/mol. The van der Waals surface area contributed by atoms with Crippen LogP contribution in [-0.4, -0.2) is 19.9 Å². The summed E-state index contributed by atoms with van der Waals surface area (Å²) < 4.78 is 0. The van der Waals surface area contributed by atoms with Gasteiger partial charge in [-0.25, -0.2) is 0 Å². The van der Waals surface area contributed by atoms with Gasteiger partial charge in [0.1, 0.15) is 0 Å². The van der Waals surface area contributed by atoms with Gasteiger partial charge in [-0.3, -0.25) is 19.9 Å². The summed E-state index contributed by atoms with van der Waals surface area (Å²) >= 11 is 0. The van der Waals surface area contributed by atoms with E-state index in [1.54, 1.807) is 0 Å². The molecule has 4 aromatic heterocycles. The summed E-state index contributed by atoms with van der Waals surface area (Å²) in [6, 6.07) is 72.8. The molecule has 0 spiro atoms. The van der Waals surface area contributed by atoms with Crippen LogP contribution in [-0.2, 0) is 0 Å². The highest BCUT2D eigenvalue weighted by molar-refractivity contribution is 5.87. The number of rotatable bonds is 9. The third kappa shape index (κ3) is 7.78. The lowest BCUT2D eigenvalue weighted by atomic mass is 9.89. The van der Waals surface area contributed by atoms with Crippen LogP contribution >= 0.6 is 0 Å². The van der Waals surface area contributed by atoms with Gasteiger partial charge in [-0.15, -0.1) is 0 Å². The Bertz CT molecular complexity index is 2590. The molecule has 4 nitrogen and oxygen atoms in total. The van der Waals surface area contributed by atoms with Crippen LogP contribution < -0.4 is 0 Å². The second kappa shape index (κ2) is 16.4. The van der Waals surface area contributed by atoms with E-state index in [1.807, 2.05) is 97.6 Å². The van der Waals surface area contributed by atoms with Crippen LogP contribution in [0.15, 0.2) is 231 Å². The standard InChI is InChI=1S/C56H38N4/c1-5-29-57-53(9-1)43-21-13-39(14-22-43)47-33-48(40-15-23-44(24-16-40)54-10-2-6-30-58-54)36-51(35-47)52-37-49(41-17-25-45(26-18-41)55-11-3-7-31-59-55)34-50(38-52)42-19-27-46(28-20-42)56-12-4-8-32-60-56/h1-38H. The fourth-order valence-electron chi connectivity index (χ4n) is 7.72. The molecule has 0 aliphatic heterocycles. The molecule has 10 rings (SSSR count). The Kier molecular flexibility index (Phi) is 9.92. The molecule has 0 aliphatic carbocycles. The van der Waals surface area contributed by atoms with Gasteiger partial charge in [-0.1, -0.05) is 121 Å². The van der Waals surface area contributed by atoms with E-state index in [-0.39, 0.29) is 0 Å². The summed E-state index contributed by atoms with van der Waals surface area (Å²) in [7, 11) is 0. The first-order valence-electron chi connectivity index (χ1n) is 20.1. The largest absolute Gasteiger partial charge is 0.256 e. The fraction of sp³-hybridized carbons (Fsp3) is 0. The topological polar surface area (TPSA) is 51.6 Å². The first-order chi connectivity index (χ1) is 29.7. The molecule has 4 heteroatoms. The van der Waals surface area contributed by atoms with Gasteiger partial charge >= 0.3 is 0 Å². The van der Waals surface area contributed by atoms with Gasteiger partial charge in [0.2, 0.25) is 0 Å². The number of hydrogen-bond donors (Lipinski definition) is 0. The summed E-state index contributed by atoms with van der Waals surface area (Å²) in [4.78, 5) is 18.3. The van der Waals surface area contributed by atoms with Gasteiger partial charge in [-0.05, 0) is 141 Å². The van der Waals surface area contributed by atoms with Gasteiger partial charge < -0.3 is 0 Å². The molecule has 10 aromatic rings. The van der Waals surface area contributed by atoms with Crippen molar-refractivity contribution >= 4 is 0 Å². The van der Waals surface area contributed by atoms with Crippen molar-refractivity contribution < 1.29 is 0 Å². The maximum atomic E-state index is 4.58. The van der Waals surface area contributed by atoms with E-state index >= 15 is 0 Å². The Labute approximate surface area is 350 Å². The van der Waals surface area contributed by atoms with Gasteiger partial charge in [0.25, 0.3) is 0 Å². The minimum atomic E-state index is 0.956. The molecule has 0 aliphatic rings. The first-order valence-corrected chi connectivity index (χ1v) is 20.1. The number of pyridine rings is 4. The van der Waals surface area contributed by atoms with Crippen LogP contribution in [0, 0.1) is 0 Å². The van der Waals surface area contributed by atoms with Crippen molar-refractivity contribution in [3.63, 3.8) is 0 Å². The summed E-state index contributed by atoms with van der Waals surface area (Å²) in [6.07, 6.45) is 7.35. The molecular weight excluding hydrogens is 729 g/mol. The zero-order valence-corrected chi connectivity index (χ0v) is 32.7. The minimum absolute atomic E-state index is 0.956. The van der Waals surface area contributed by atoms with E-state index in [9.17, 15) is 0 Å². The quantitative estimate of drug-likeness (QED) is 0.147. The second-order valence-corrected chi connectivity index (χ2v) is 14.8. The number of nitrogens with zero attached hydrogens (tertiary/aromatic N) is 4. The minimum Gasteiger partial charge on any atom is -0.256 e. The average molecular weight is 767 g/mol. The Balaban J connectivity index is 1.11. The number of benzene rings is 6. The van der Waals surface area contributed by atoms with Crippen molar-refractivity contribution in [1.82, 2.24) is 19.9 Å². The lowest BCUT2D eigenvalue weighted by Crippen LogP contribution is -1.90. The van der Waals surface area contributed by atoms with E-state index in [4.69, 9.17) is 0 Å². The maximum Gasteiger partial charge on any atom is 0.0701 e.